The highest BCUT2D eigenvalue weighted by Gasteiger charge is 2.11. The van der Waals surface area contributed by atoms with Crippen LogP contribution >= 0.6 is 0 Å². The van der Waals surface area contributed by atoms with Crippen molar-refractivity contribution in [1.82, 2.24) is 4.98 Å². The van der Waals surface area contributed by atoms with Crippen molar-refractivity contribution >= 4 is 5.97 Å². The minimum atomic E-state index is -1.12. The molecule has 4 nitrogen and oxygen atoms in total. The van der Waals surface area contributed by atoms with Gasteiger partial charge in [0.1, 0.15) is 11.5 Å². The van der Waals surface area contributed by atoms with Gasteiger partial charge in [0.15, 0.2) is 5.76 Å². The molecule has 0 bridgehead atoms. The number of furan rings is 1. The number of carboxylic acids is 1. The van der Waals surface area contributed by atoms with Crippen molar-refractivity contribution in [3.8, 4) is 22.6 Å². The first kappa shape index (κ1) is 13.1. The van der Waals surface area contributed by atoms with Crippen LogP contribution in [0.15, 0.2) is 59.1 Å². The van der Waals surface area contributed by atoms with Crippen LogP contribution in [-0.4, -0.2) is 16.1 Å². The lowest BCUT2D eigenvalue weighted by atomic mass is 10.1. The number of hydrogen-bond acceptors (Lipinski definition) is 3. The summed E-state index contributed by atoms with van der Waals surface area (Å²) in [6, 6.07) is 12.6. The normalized spacial score (nSPS) is 10.5. The average molecular weight is 283 g/mol. The fourth-order valence-electron chi connectivity index (χ4n) is 1.94. The third kappa shape index (κ3) is 2.67. The van der Waals surface area contributed by atoms with Gasteiger partial charge in [-0.05, 0) is 35.9 Å². The van der Waals surface area contributed by atoms with E-state index in [1.165, 1.54) is 18.2 Å². The Morgan fingerprint density at radius 1 is 1.00 bits per heavy atom. The van der Waals surface area contributed by atoms with Gasteiger partial charge in [0.05, 0.1) is 0 Å². The Bertz CT molecular complexity index is 776. The molecule has 21 heavy (non-hydrogen) atoms. The summed E-state index contributed by atoms with van der Waals surface area (Å²) in [7, 11) is 0. The molecule has 5 heteroatoms. The van der Waals surface area contributed by atoms with Crippen molar-refractivity contribution in [2.24, 2.45) is 0 Å². The van der Waals surface area contributed by atoms with Crippen LogP contribution in [0.25, 0.3) is 22.6 Å². The Kier molecular flexibility index (Phi) is 3.23. The van der Waals surface area contributed by atoms with E-state index in [9.17, 15) is 9.18 Å². The topological polar surface area (TPSA) is 63.3 Å². The third-order valence-corrected chi connectivity index (χ3v) is 3.01. The van der Waals surface area contributed by atoms with Crippen LogP contribution in [0.4, 0.5) is 4.39 Å². The lowest BCUT2D eigenvalue weighted by Crippen LogP contribution is -1.91. The summed E-state index contributed by atoms with van der Waals surface area (Å²) in [5.74, 6) is -1.16. The first-order valence-corrected chi connectivity index (χ1v) is 6.19. The number of hydrogen-bond donors (Lipinski definition) is 1. The summed E-state index contributed by atoms with van der Waals surface area (Å²) in [4.78, 5) is 15.0. The number of carbonyl (C=O) groups is 1. The molecule has 3 rings (SSSR count). The first-order chi connectivity index (χ1) is 10.1. The van der Waals surface area contributed by atoms with Crippen molar-refractivity contribution in [2.45, 2.75) is 0 Å². The molecule has 0 fully saturated rings. The van der Waals surface area contributed by atoms with Gasteiger partial charge in [0, 0.05) is 11.8 Å². The van der Waals surface area contributed by atoms with Crippen LogP contribution in [0.1, 0.15) is 10.6 Å². The van der Waals surface area contributed by atoms with Crippen LogP contribution in [0.3, 0.4) is 0 Å². The van der Waals surface area contributed by atoms with E-state index < -0.39 is 5.97 Å². The van der Waals surface area contributed by atoms with Gasteiger partial charge in [-0.2, -0.15) is 0 Å². The standard InChI is InChI=1S/C16H10FNO3/c17-12-4-1-10(2-5-12)11-3-6-13(18-9-11)14-7-8-15(21-14)16(19)20/h1-9H,(H,19,20). The number of rotatable bonds is 3. The number of carboxylic acid groups (broad SMARTS) is 1. The molecule has 1 aromatic carbocycles. The summed E-state index contributed by atoms with van der Waals surface area (Å²) in [5.41, 5.74) is 2.22. The minimum absolute atomic E-state index is 0.130. The predicted octanol–water partition coefficient (Wildman–Crippen LogP) is 3.85. The molecule has 104 valence electrons. The molecular weight excluding hydrogens is 273 g/mol. The highest BCUT2D eigenvalue weighted by atomic mass is 19.1. The minimum Gasteiger partial charge on any atom is -0.475 e. The second kappa shape index (κ2) is 5.20. The molecule has 0 saturated heterocycles. The molecule has 1 N–H and O–H groups in total. The van der Waals surface area contributed by atoms with Gasteiger partial charge in [-0.25, -0.2) is 9.18 Å². The van der Waals surface area contributed by atoms with Gasteiger partial charge in [0.25, 0.3) is 0 Å². The fourth-order valence-corrected chi connectivity index (χ4v) is 1.94. The summed E-state index contributed by atoms with van der Waals surface area (Å²) in [5, 5.41) is 8.82. The molecular formula is C16H10FNO3. The maximum Gasteiger partial charge on any atom is 0.371 e. The largest absolute Gasteiger partial charge is 0.475 e. The quantitative estimate of drug-likeness (QED) is 0.793. The Hall–Kier alpha value is -2.95. The zero-order valence-corrected chi connectivity index (χ0v) is 10.8. The van der Waals surface area contributed by atoms with E-state index >= 15 is 0 Å². The van der Waals surface area contributed by atoms with Gasteiger partial charge in [-0.1, -0.05) is 18.2 Å². The van der Waals surface area contributed by atoms with Gasteiger partial charge < -0.3 is 9.52 Å². The molecule has 0 spiro atoms. The number of halogens is 1. The van der Waals surface area contributed by atoms with Crippen molar-refractivity contribution in [3.63, 3.8) is 0 Å². The molecule has 0 aliphatic heterocycles. The van der Waals surface area contributed by atoms with Crippen LogP contribution in [0.5, 0.6) is 0 Å². The van der Waals surface area contributed by atoms with Crippen molar-refractivity contribution in [3.05, 3.63) is 66.3 Å². The predicted molar refractivity (Wildman–Crippen MR) is 74.3 cm³/mol. The Balaban J connectivity index is 1.89. The van der Waals surface area contributed by atoms with Gasteiger partial charge >= 0.3 is 5.97 Å². The summed E-state index contributed by atoms with van der Waals surface area (Å²) >= 11 is 0. The fraction of sp³-hybridized carbons (Fsp3) is 0. The molecule has 3 aromatic rings. The summed E-state index contributed by atoms with van der Waals surface area (Å²) < 4.78 is 18.1. The third-order valence-electron chi connectivity index (χ3n) is 3.01. The molecule has 0 aliphatic carbocycles. The highest BCUT2D eigenvalue weighted by Crippen LogP contribution is 2.24. The second-order valence-electron chi connectivity index (χ2n) is 4.41. The molecule has 2 aromatic heterocycles. The van der Waals surface area contributed by atoms with Gasteiger partial charge in [-0.3, -0.25) is 4.98 Å². The van der Waals surface area contributed by atoms with E-state index in [1.54, 1.807) is 30.5 Å². The SMILES string of the molecule is O=C(O)c1ccc(-c2ccc(-c3ccc(F)cc3)cn2)o1. The van der Waals surface area contributed by atoms with E-state index in [-0.39, 0.29) is 11.6 Å². The maximum absolute atomic E-state index is 12.9. The molecule has 0 aliphatic rings. The maximum atomic E-state index is 12.9. The van der Waals surface area contributed by atoms with E-state index in [0.29, 0.717) is 11.5 Å². The molecule has 2 heterocycles. The van der Waals surface area contributed by atoms with Crippen molar-refractivity contribution in [1.29, 1.82) is 0 Å². The number of aromatic nitrogens is 1. The average Bonchev–Trinajstić information content (AvgIpc) is 2.98. The zero-order chi connectivity index (χ0) is 14.8. The van der Waals surface area contributed by atoms with Crippen LogP contribution in [0, 0.1) is 5.82 Å². The zero-order valence-electron chi connectivity index (χ0n) is 10.8. The first-order valence-electron chi connectivity index (χ1n) is 6.19. The molecule has 0 radical (unpaired) electrons. The van der Waals surface area contributed by atoms with Crippen molar-refractivity contribution in [2.75, 3.05) is 0 Å². The van der Waals surface area contributed by atoms with E-state index in [1.807, 2.05) is 6.07 Å². The number of benzene rings is 1. The number of pyridine rings is 1. The van der Waals surface area contributed by atoms with Crippen molar-refractivity contribution < 1.29 is 18.7 Å². The van der Waals surface area contributed by atoms with Crippen LogP contribution in [0.2, 0.25) is 0 Å². The highest BCUT2D eigenvalue weighted by molar-refractivity contribution is 5.85. The lowest BCUT2D eigenvalue weighted by molar-refractivity contribution is 0.0663. The number of aromatic carboxylic acids is 1. The second-order valence-corrected chi connectivity index (χ2v) is 4.41. The van der Waals surface area contributed by atoms with E-state index in [4.69, 9.17) is 9.52 Å². The van der Waals surface area contributed by atoms with Crippen LogP contribution in [-0.2, 0) is 0 Å². The molecule has 0 atom stereocenters. The summed E-state index contributed by atoms with van der Waals surface area (Å²) in [6.07, 6.45) is 1.63. The molecule has 0 amide bonds. The van der Waals surface area contributed by atoms with Gasteiger partial charge in [-0.15, -0.1) is 0 Å². The van der Waals surface area contributed by atoms with Gasteiger partial charge in [0.2, 0.25) is 5.76 Å². The smallest absolute Gasteiger partial charge is 0.371 e. The Labute approximate surface area is 119 Å². The Morgan fingerprint density at radius 3 is 2.29 bits per heavy atom. The van der Waals surface area contributed by atoms with Crippen LogP contribution < -0.4 is 0 Å². The molecule has 0 unspecified atom stereocenters. The van der Waals surface area contributed by atoms with E-state index in [0.717, 1.165) is 11.1 Å². The summed E-state index contributed by atoms with van der Waals surface area (Å²) in [6.45, 7) is 0. The lowest BCUT2D eigenvalue weighted by Gasteiger charge is -2.02. The molecule has 0 saturated carbocycles. The number of nitrogens with zero attached hydrogens (tertiary/aromatic N) is 1. The monoisotopic (exact) mass is 283 g/mol. The Morgan fingerprint density at radius 2 is 1.71 bits per heavy atom. The van der Waals surface area contributed by atoms with E-state index in [2.05, 4.69) is 4.98 Å².